The van der Waals surface area contributed by atoms with E-state index in [1.54, 1.807) is 72.8 Å². The van der Waals surface area contributed by atoms with Crippen molar-refractivity contribution in [3.8, 4) is 0 Å². The molecule has 0 saturated carbocycles. The zero-order valence-corrected chi connectivity index (χ0v) is 34.3. The molecule has 2 radical (unpaired) electrons. The van der Waals surface area contributed by atoms with Crippen molar-refractivity contribution >= 4 is 102 Å². The van der Waals surface area contributed by atoms with E-state index >= 15 is 0 Å². The summed E-state index contributed by atoms with van der Waals surface area (Å²) in [6.07, 6.45) is -0.128. The molecule has 0 fully saturated rings. The number of aliphatic carboxylic acids is 2. The van der Waals surface area contributed by atoms with Crippen LogP contribution in [-0.2, 0) is 31.3 Å². The predicted octanol–water partition coefficient (Wildman–Crippen LogP) is 11.8. The molecule has 6 rings (SSSR count). The number of carboxylic acid groups (broad SMARTS) is 2. The van der Waals surface area contributed by atoms with Crippen LogP contribution in [0.15, 0.2) is 146 Å². The topological polar surface area (TPSA) is 98.7 Å². The Morgan fingerprint density at radius 1 is 0.453 bits per heavy atom. The molecule has 6 aromatic carbocycles. The molecule has 6 nitrogen and oxygen atoms in total. The van der Waals surface area contributed by atoms with Gasteiger partial charge in [0.2, 0.25) is 0 Å². The third-order valence-corrected chi connectivity index (χ3v) is 12.5. The second-order valence-corrected chi connectivity index (χ2v) is 16.5. The molecule has 53 heavy (non-hydrogen) atoms. The van der Waals surface area contributed by atoms with Crippen molar-refractivity contribution in [3.05, 3.63) is 188 Å². The van der Waals surface area contributed by atoms with Crippen LogP contribution >= 0.6 is 46.4 Å². The Morgan fingerprint density at radius 3 is 1.11 bits per heavy atom. The molecule has 0 atom stereocenters. The second-order valence-electron chi connectivity index (χ2n) is 11.5. The van der Waals surface area contributed by atoms with Gasteiger partial charge in [0.25, 0.3) is 0 Å². The van der Waals surface area contributed by atoms with Crippen molar-refractivity contribution in [2.24, 2.45) is 0 Å². The van der Waals surface area contributed by atoms with Gasteiger partial charge >= 0.3 is 114 Å². The zero-order valence-electron chi connectivity index (χ0n) is 28.4. The Bertz CT molecular complexity index is 1900. The molecule has 11 heteroatoms. The molecular formula is C42H36Cl4N2O4Sn. The molecule has 0 amide bonds. The van der Waals surface area contributed by atoms with Crippen molar-refractivity contribution in [2.45, 2.75) is 21.7 Å². The Balaban J connectivity index is 0.000000179. The maximum absolute atomic E-state index is 10.8. The van der Waals surface area contributed by atoms with E-state index in [1.807, 2.05) is 12.1 Å². The first kappa shape index (κ1) is 41.6. The fraction of sp³-hybridized carbons (Fsp3) is 0.0952. The van der Waals surface area contributed by atoms with Gasteiger partial charge in [-0.25, -0.2) is 0 Å². The van der Waals surface area contributed by atoms with Gasteiger partial charge in [0, 0.05) is 11.4 Å². The number of anilines is 4. The SMILES string of the molecule is O=C(O)Cc1ccccc1Nc1c(Cl)cccc1Cl.O=C(O)Cc1ccccc1Nc1c(Cl)cccc1Cl.c1ccc([CH2][Sn][CH2]c2ccccc2)cc1. The second kappa shape index (κ2) is 22.1. The van der Waals surface area contributed by atoms with Gasteiger partial charge in [-0.3, -0.25) is 9.59 Å². The summed E-state index contributed by atoms with van der Waals surface area (Å²) in [5, 5.41) is 25.9. The van der Waals surface area contributed by atoms with E-state index in [4.69, 9.17) is 56.6 Å². The summed E-state index contributed by atoms with van der Waals surface area (Å²) in [4.78, 5) is 21.7. The summed E-state index contributed by atoms with van der Waals surface area (Å²) in [6.45, 7) is 0. The summed E-state index contributed by atoms with van der Waals surface area (Å²) in [5.74, 6) is -1.78. The van der Waals surface area contributed by atoms with Gasteiger partial charge < -0.3 is 20.8 Å². The number of para-hydroxylation sites is 4. The van der Waals surface area contributed by atoms with Crippen LogP contribution in [0.4, 0.5) is 22.7 Å². The third kappa shape index (κ3) is 14.3. The molecular weight excluding hydrogens is 857 g/mol. The average Bonchev–Trinajstić information content (AvgIpc) is 3.14. The predicted molar refractivity (Wildman–Crippen MR) is 221 cm³/mol. The molecule has 0 aromatic heterocycles. The third-order valence-electron chi connectivity index (χ3n) is 7.51. The number of halogens is 4. The number of hydrogen-bond donors (Lipinski definition) is 4. The monoisotopic (exact) mass is 892 g/mol. The molecule has 0 bridgehead atoms. The first-order valence-electron chi connectivity index (χ1n) is 16.4. The molecule has 0 aliphatic rings. The minimum atomic E-state index is -0.889. The van der Waals surface area contributed by atoms with E-state index in [-0.39, 0.29) is 34.0 Å². The van der Waals surface area contributed by atoms with Gasteiger partial charge in [0.15, 0.2) is 0 Å². The van der Waals surface area contributed by atoms with E-state index in [1.165, 1.54) is 20.0 Å². The van der Waals surface area contributed by atoms with E-state index < -0.39 is 11.9 Å². The first-order valence-corrected chi connectivity index (χ1v) is 22.0. The van der Waals surface area contributed by atoms with Gasteiger partial charge in [0.1, 0.15) is 0 Å². The quantitative estimate of drug-likeness (QED) is 0.0914. The molecule has 0 unspecified atom stereocenters. The number of hydrogen-bond acceptors (Lipinski definition) is 4. The van der Waals surface area contributed by atoms with Gasteiger partial charge in [-0.05, 0) is 47.5 Å². The van der Waals surface area contributed by atoms with Crippen LogP contribution in [0.25, 0.3) is 0 Å². The number of rotatable bonds is 12. The maximum atomic E-state index is 10.8. The Hall–Kier alpha value is -4.18. The fourth-order valence-electron chi connectivity index (χ4n) is 4.97. The Morgan fingerprint density at radius 2 is 0.774 bits per heavy atom. The summed E-state index contributed by atoms with van der Waals surface area (Å²) < 4.78 is 2.69. The van der Waals surface area contributed by atoms with Crippen molar-refractivity contribution in [2.75, 3.05) is 10.6 Å². The normalized spacial score (nSPS) is 10.2. The molecule has 0 heterocycles. The molecule has 4 N–H and O–H groups in total. The van der Waals surface area contributed by atoms with E-state index in [0.29, 0.717) is 54.0 Å². The number of benzene rings is 6. The fourth-order valence-corrected chi connectivity index (χ4v) is 9.30. The molecule has 6 aromatic rings. The van der Waals surface area contributed by atoms with Gasteiger partial charge in [-0.2, -0.15) is 0 Å². The van der Waals surface area contributed by atoms with Gasteiger partial charge in [0.05, 0.1) is 44.3 Å². The van der Waals surface area contributed by atoms with E-state index in [0.717, 1.165) is 0 Å². The van der Waals surface area contributed by atoms with Crippen LogP contribution in [0.5, 0.6) is 0 Å². The van der Waals surface area contributed by atoms with Crippen LogP contribution in [0, 0.1) is 0 Å². The minimum absolute atomic E-state index is 0.0642. The van der Waals surface area contributed by atoms with Gasteiger partial charge in [-0.1, -0.05) is 94.9 Å². The molecule has 0 spiro atoms. The van der Waals surface area contributed by atoms with E-state index in [2.05, 4.69) is 71.3 Å². The summed E-state index contributed by atoms with van der Waals surface area (Å²) >= 11 is 24.0. The van der Waals surface area contributed by atoms with Crippen LogP contribution in [-0.4, -0.2) is 43.3 Å². The number of carbonyl (C=O) groups is 2. The van der Waals surface area contributed by atoms with Gasteiger partial charge in [-0.15, -0.1) is 0 Å². The van der Waals surface area contributed by atoms with Crippen molar-refractivity contribution in [3.63, 3.8) is 0 Å². The summed E-state index contributed by atoms with van der Waals surface area (Å²) in [7, 11) is 0. The van der Waals surface area contributed by atoms with Crippen molar-refractivity contribution < 1.29 is 19.8 Å². The molecule has 0 aliphatic carbocycles. The standard InChI is InChI=1S/2C14H11Cl2NO2.2C7H7.Sn/c2*15-10-5-3-6-11(16)14(10)17-12-7-2-1-4-9(12)8-13(18)19;2*1-7-5-3-2-4-6-7;/h2*1-7,17H,8H2,(H,18,19);2*2-6H,1H2;. The zero-order chi connectivity index (χ0) is 38.0. The summed E-state index contributed by atoms with van der Waals surface area (Å²) in [6, 6.07) is 46.4. The first-order chi connectivity index (χ1) is 25.6. The van der Waals surface area contributed by atoms with Crippen molar-refractivity contribution in [1.29, 1.82) is 0 Å². The number of nitrogens with one attached hydrogen (secondary N) is 2. The molecule has 270 valence electrons. The van der Waals surface area contributed by atoms with Crippen LogP contribution in [0.2, 0.25) is 20.1 Å². The molecule has 0 saturated heterocycles. The number of carboxylic acids is 2. The Labute approximate surface area is 339 Å². The van der Waals surface area contributed by atoms with Crippen LogP contribution in [0.3, 0.4) is 0 Å². The average molecular weight is 893 g/mol. The van der Waals surface area contributed by atoms with E-state index in [9.17, 15) is 9.59 Å². The Kier molecular flexibility index (Phi) is 17.4. The van der Waals surface area contributed by atoms with Crippen LogP contribution < -0.4 is 10.6 Å². The van der Waals surface area contributed by atoms with Crippen LogP contribution in [0.1, 0.15) is 22.3 Å². The van der Waals surface area contributed by atoms with Crippen molar-refractivity contribution in [1.82, 2.24) is 0 Å². The summed E-state index contributed by atoms with van der Waals surface area (Å²) in [5.41, 5.74) is 6.88. The molecule has 0 aliphatic heterocycles.